The van der Waals surface area contributed by atoms with Crippen molar-refractivity contribution in [1.82, 2.24) is 0 Å². The molecule has 2 N–H and O–H groups in total. The van der Waals surface area contributed by atoms with Crippen LogP contribution in [0.3, 0.4) is 0 Å². The number of hydrogen-bond donors (Lipinski definition) is 2. The second kappa shape index (κ2) is 4.75. The molecule has 0 bridgehead atoms. The van der Waals surface area contributed by atoms with Crippen molar-refractivity contribution in [3.8, 4) is 0 Å². The van der Waals surface area contributed by atoms with Crippen LogP contribution in [0.25, 0.3) is 0 Å². The Bertz CT molecular complexity index is 204. The van der Waals surface area contributed by atoms with Gasteiger partial charge < -0.3 is 14.9 Å². The molecule has 1 fully saturated rings. The zero-order valence-corrected chi connectivity index (χ0v) is 8.64. The molecule has 82 valence electrons. The first kappa shape index (κ1) is 11.5. The van der Waals surface area contributed by atoms with Gasteiger partial charge in [-0.25, -0.2) is 0 Å². The van der Waals surface area contributed by atoms with E-state index in [2.05, 4.69) is 0 Å². The molecule has 0 aromatic heterocycles. The number of aliphatic hydroxyl groups excluding tert-OH is 1. The topological polar surface area (TPSA) is 66.8 Å². The minimum atomic E-state index is -0.942. The zero-order chi connectivity index (χ0) is 10.7. The first-order chi connectivity index (χ1) is 6.56. The molecule has 0 radical (unpaired) electrons. The van der Waals surface area contributed by atoms with Crippen molar-refractivity contribution in [2.45, 2.75) is 51.4 Å². The van der Waals surface area contributed by atoms with Crippen LogP contribution in [0.15, 0.2) is 0 Å². The molecule has 4 unspecified atom stereocenters. The monoisotopic (exact) mass is 202 g/mol. The number of carboxylic acid groups (broad SMARTS) is 1. The largest absolute Gasteiger partial charge is 0.481 e. The molecule has 0 aliphatic carbocycles. The van der Waals surface area contributed by atoms with Crippen molar-refractivity contribution in [2.75, 3.05) is 0 Å². The molecule has 1 aliphatic rings. The lowest BCUT2D eigenvalue weighted by atomic mass is 9.94. The first-order valence-electron chi connectivity index (χ1n) is 5.12. The zero-order valence-electron chi connectivity index (χ0n) is 8.64. The summed E-state index contributed by atoms with van der Waals surface area (Å²) in [5.74, 6) is -1.64. The third kappa shape index (κ3) is 2.45. The van der Waals surface area contributed by atoms with Gasteiger partial charge in [-0.2, -0.15) is 0 Å². The van der Waals surface area contributed by atoms with Crippen LogP contribution in [-0.2, 0) is 9.53 Å². The van der Waals surface area contributed by atoms with Crippen LogP contribution in [0.1, 0.15) is 33.1 Å². The Labute approximate surface area is 83.9 Å². The molecular weight excluding hydrogens is 184 g/mol. The highest BCUT2D eigenvalue weighted by atomic mass is 16.5. The molecule has 4 nitrogen and oxygen atoms in total. The van der Waals surface area contributed by atoms with Crippen LogP contribution in [-0.4, -0.2) is 34.5 Å². The van der Waals surface area contributed by atoms with E-state index >= 15 is 0 Å². The van der Waals surface area contributed by atoms with Gasteiger partial charge in [-0.1, -0.05) is 6.92 Å². The summed E-state index contributed by atoms with van der Waals surface area (Å²) in [4.78, 5) is 10.8. The number of aliphatic carboxylic acids is 1. The van der Waals surface area contributed by atoms with Crippen molar-refractivity contribution >= 4 is 5.97 Å². The number of carbonyl (C=O) groups is 1. The summed E-state index contributed by atoms with van der Waals surface area (Å²) >= 11 is 0. The van der Waals surface area contributed by atoms with Gasteiger partial charge in [0.15, 0.2) is 0 Å². The molecule has 1 rings (SSSR count). The molecule has 0 spiro atoms. The van der Waals surface area contributed by atoms with Crippen molar-refractivity contribution in [1.29, 1.82) is 0 Å². The lowest BCUT2D eigenvalue weighted by Crippen LogP contribution is -2.37. The summed E-state index contributed by atoms with van der Waals surface area (Å²) in [7, 11) is 0. The highest BCUT2D eigenvalue weighted by Crippen LogP contribution is 2.26. The van der Waals surface area contributed by atoms with Crippen molar-refractivity contribution < 1.29 is 19.7 Å². The number of hydrogen-bond acceptors (Lipinski definition) is 3. The molecule has 1 saturated heterocycles. The summed E-state index contributed by atoms with van der Waals surface area (Å²) in [6.07, 6.45) is 1.06. The molecule has 1 heterocycles. The molecule has 0 aromatic rings. The highest BCUT2D eigenvalue weighted by molar-refractivity contribution is 5.70. The fraction of sp³-hybridized carbons (Fsp3) is 0.900. The summed E-state index contributed by atoms with van der Waals surface area (Å²) in [5, 5.41) is 18.6. The van der Waals surface area contributed by atoms with Crippen LogP contribution >= 0.6 is 0 Å². The third-order valence-corrected chi connectivity index (χ3v) is 2.82. The summed E-state index contributed by atoms with van der Waals surface area (Å²) in [6, 6.07) is 0. The average Bonchev–Trinajstić information content (AvgIpc) is 2.52. The highest BCUT2D eigenvalue weighted by Gasteiger charge is 2.35. The quantitative estimate of drug-likeness (QED) is 0.714. The minimum Gasteiger partial charge on any atom is -0.481 e. The van der Waals surface area contributed by atoms with Gasteiger partial charge >= 0.3 is 5.97 Å². The summed E-state index contributed by atoms with van der Waals surface area (Å²) in [6.45, 7) is 3.70. The van der Waals surface area contributed by atoms with Gasteiger partial charge in [0.05, 0.1) is 24.2 Å². The number of aliphatic hydroxyl groups is 1. The smallest absolute Gasteiger partial charge is 0.309 e. The van der Waals surface area contributed by atoms with Gasteiger partial charge in [0.25, 0.3) is 0 Å². The Morgan fingerprint density at radius 2 is 2.21 bits per heavy atom. The molecule has 0 saturated carbocycles. The fourth-order valence-corrected chi connectivity index (χ4v) is 1.91. The number of ether oxygens (including phenoxy) is 1. The SMILES string of the molecule is CCC(C(=O)O)C(O)C1CCC(C)O1. The Kier molecular flexibility index (Phi) is 3.89. The van der Waals surface area contributed by atoms with Gasteiger partial charge in [0.2, 0.25) is 0 Å². The maximum absolute atomic E-state index is 10.8. The predicted octanol–water partition coefficient (Wildman–Crippen LogP) is 1.03. The van der Waals surface area contributed by atoms with Gasteiger partial charge in [0, 0.05) is 0 Å². The van der Waals surface area contributed by atoms with Crippen LogP contribution in [0.5, 0.6) is 0 Å². The van der Waals surface area contributed by atoms with Gasteiger partial charge in [-0.15, -0.1) is 0 Å². The van der Waals surface area contributed by atoms with E-state index in [1.807, 2.05) is 6.92 Å². The second-order valence-corrected chi connectivity index (χ2v) is 3.91. The Balaban J connectivity index is 2.54. The van der Waals surface area contributed by atoms with Crippen molar-refractivity contribution in [2.24, 2.45) is 5.92 Å². The van der Waals surface area contributed by atoms with E-state index < -0.39 is 18.0 Å². The normalized spacial score (nSPS) is 31.4. The van der Waals surface area contributed by atoms with E-state index in [4.69, 9.17) is 9.84 Å². The Morgan fingerprint density at radius 3 is 2.57 bits per heavy atom. The standard InChI is InChI=1S/C10H18O4/c1-3-7(10(12)13)9(11)8-5-4-6(2)14-8/h6-9,11H,3-5H2,1-2H3,(H,12,13). The second-order valence-electron chi connectivity index (χ2n) is 3.91. The maximum atomic E-state index is 10.8. The lowest BCUT2D eigenvalue weighted by Gasteiger charge is -2.23. The lowest BCUT2D eigenvalue weighted by molar-refractivity contribution is -0.150. The Hall–Kier alpha value is -0.610. The average molecular weight is 202 g/mol. The van der Waals surface area contributed by atoms with Crippen molar-refractivity contribution in [3.05, 3.63) is 0 Å². The molecule has 1 aliphatic heterocycles. The van der Waals surface area contributed by atoms with Gasteiger partial charge in [0.1, 0.15) is 0 Å². The molecule has 0 amide bonds. The van der Waals surface area contributed by atoms with E-state index in [9.17, 15) is 9.90 Å². The van der Waals surface area contributed by atoms with Crippen molar-refractivity contribution in [3.63, 3.8) is 0 Å². The van der Waals surface area contributed by atoms with Crippen LogP contribution in [0.2, 0.25) is 0 Å². The molecule has 0 aromatic carbocycles. The maximum Gasteiger partial charge on any atom is 0.309 e. The van der Waals surface area contributed by atoms with E-state index in [1.165, 1.54) is 0 Å². The molecule has 4 atom stereocenters. The molecule has 14 heavy (non-hydrogen) atoms. The third-order valence-electron chi connectivity index (χ3n) is 2.82. The van der Waals surface area contributed by atoms with Gasteiger partial charge in [-0.3, -0.25) is 4.79 Å². The predicted molar refractivity (Wildman–Crippen MR) is 51.0 cm³/mol. The van der Waals surface area contributed by atoms with Crippen LogP contribution in [0, 0.1) is 5.92 Å². The van der Waals surface area contributed by atoms with Gasteiger partial charge in [-0.05, 0) is 26.2 Å². The summed E-state index contributed by atoms with van der Waals surface area (Å²) in [5.41, 5.74) is 0. The fourth-order valence-electron chi connectivity index (χ4n) is 1.91. The van der Waals surface area contributed by atoms with E-state index in [-0.39, 0.29) is 12.2 Å². The van der Waals surface area contributed by atoms with E-state index in [1.54, 1.807) is 6.92 Å². The van der Waals surface area contributed by atoms with Crippen LogP contribution in [0.4, 0.5) is 0 Å². The molecular formula is C10H18O4. The Morgan fingerprint density at radius 1 is 1.57 bits per heavy atom. The van der Waals surface area contributed by atoms with E-state index in [0.29, 0.717) is 6.42 Å². The van der Waals surface area contributed by atoms with E-state index in [0.717, 1.165) is 12.8 Å². The first-order valence-corrected chi connectivity index (χ1v) is 5.12. The minimum absolute atomic E-state index is 0.140. The van der Waals surface area contributed by atoms with Crippen LogP contribution < -0.4 is 0 Å². The number of carboxylic acids is 1. The number of rotatable bonds is 4. The molecule has 4 heteroatoms. The summed E-state index contributed by atoms with van der Waals surface area (Å²) < 4.78 is 5.44.